The number of rotatable bonds is 9. The van der Waals surface area contributed by atoms with E-state index in [0.717, 1.165) is 71.2 Å². The van der Waals surface area contributed by atoms with Gasteiger partial charge in [-0.15, -0.1) is 24.0 Å². The van der Waals surface area contributed by atoms with Gasteiger partial charge >= 0.3 is 0 Å². The van der Waals surface area contributed by atoms with Crippen molar-refractivity contribution in [2.24, 2.45) is 10.9 Å². The second kappa shape index (κ2) is 15.7. The van der Waals surface area contributed by atoms with Crippen LogP contribution in [0, 0.1) is 5.92 Å². The quantitative estimate of drug-likeness (QED) is 0.264. The van der Waals surface area contributed by atoms with E-state index in [4.69, 9.17) is 14.5 Å². The summed E-state index contributed by atoms with van der Waals surface area (Å²) >= 11 is 0. The zero-order chi connectivity index (χ0) is 21.9. The Hall–Kier alpha value is -0.160. The highest BCUT2D eigenvalue weighted by Gasteiger charge is 2.24. The van der Waals surface area contributed by atoms with Crippen LogP contribution in [0.4, 0.5) is 0 Å². The van der Waals surface area contributed by atoms with E-state index < -0.39 is 0 Å². The number of hydrogen-bond acceptors (Lipinski definition) is 5. The molecule has 0 aromatic rings. The minimum atomic E-state index is 0. The molecule has 7 nitrogen and oxygen atoms in total. The number of aliphatic imine (C=N–C) groups is 1. The molecule has 3 rings (SSSR count). The summed E-state index contributed by atoms with van der Waals surface area (Å²) in [6.07, 6.45) is 6.48. The van der Waals surface area contributed by atoms with Crippen LogP contribution in [-0.2, 0) is 9.47 Å². The van der Waals surface area contributed by atoms with Crippen LogP contribution in [0.25, 0.3) is 0 Å². The molecule has 3 aliphatic heterocycles. The fourth-order valence-electron chi connectivity index (χ4n) is 4.87. The monoisotopic (exact) mass is 565 g/mol. The number of halogens is 1. The highest BCUT2D eigenvalue weighted by Crippen LogP contribution is 2.18. The van der Waals surface area contributed by atoms with Crippen molar-refractivity contribution in [3.63, 3.8) is 0 Å². The first-order valence-corrected chi connectivity index (χ1v) is 12.9. The van der Waals surface area contributed by atoms with Gasteiger partial charge in [0.05, 0.1) is 18.8 Å². The molecule has 3 heterocycles. The SMILES string of the molecule is CCNC(=NCC(C)CN1CCN(CC)CC1)N1CCC(OCC2CCCCO2)CC1.I. The third kappa shape index (κ3) is 9.60. The van der Waals surface area contributed by atoms with Gasteiger partial charge in [0.1, 0.15) is 0 Å². The van der Waals surface area contributed by atoms with Crippen molar-refractivity contribution in [3.05, 3.63) is 0 Å². The molecule has 0 bridgehead atoms. The third-order valence-corrected chi connectivity index (χ3v) is 6.90. The third-order valence-electron chi connectivity index (χ3n) is 6.90. The summed E-state index contributed by atoms with van der Waals surface area (Å²) in [5.41, 5.74) is 0. The molecule has 3 fully saturated rings. The Bertz CT molecular complexity index is 517. The zero-order valence-electron chi connectivity index (χ0n) is 20.8. The van der Waals surface area contributed by atoms with Gasteiger partial charge in [0, 0.05) is 65.5 Å². The topological polar surface area (TPSA) is 52.6 Å². The summed E-state index contributed by atoms with van der Waals surface area (Å²) < 4.78 is 12.0. The Morgan fingerprint density at radius 1 is 1.03 bits per heavy atom. The number of likely N-dealkylation sites (N-methyl/N-ethyl adjacent to an activating group) is 1. The van der Waals surface area contributed by atoms with E-state index in [2.05, 4.69) is 40.8 Å². The van der Waals surface area contributed by atoms with E-state index in [1.165, 1.54) is 45.6 Å². The highest BCUT2D eigenvalue weighted by molar-refractivity contribution is 14.0. The number of guanidine groups is 1. The first-order chi connectivity index (χ1) is 15.2. The van der Waals surface area contributed by atoms with Gasteiger partial charge in [0.2, 0.25) is 0 Å². The van der Waals surface area contributed by atoms with Crippen molar-refractivity contribution < 1.29 is 9.47 Å². The molecule has 0 aromatic heterocycles. The van der Waals surface area contributed by atoms with Gasteiger partial charge < -0.3 is 29.5 Å². The molecule has 32 heavy (non-hydrogen) atoms. The molecule has 3 aliphatic rings. The summed E-state index contributed by atoms with van der Waals surface area (Å²) in [6.45, 7) is 19.4. The van der Waals surface area contributed by atoms with E-state index in [-0.39, 0.29) is 24.0 Å². The second-order valence-electron chi connectivity index (χ2n) is 9.54. The summed E-state index contributed by atoms with van der Waals surface area (Å²) in [6, 6.07) is 0. The number of nitrogens with zero attached hydrogens (tertiary/aromatic N) is 4. The van der Waals surface area contributed by atoms with Gasteiger partial charge in [0.25, 0.3) is 0 Å². The molecule has 0 saturated carbocycles. The summed E-state index contributed by atoms with van der Waals surface area (Å²) in [4.78, 5) is 12.6. The molecule has 2 atom stereocenters. The van der Waals surface area contributed by atoms with Crippen molar-refractivity contribution in [1.82, 2.24) is 20.0 Å². The first kappa shape index (κ1) is 28.1. The van der Waals surface area contributed by atoms with Crippen LogP contribution in [-0.4, -0.2) is 112 Å². The van der Waals surface area contributed by atoms with Crippen molar-refractivity contribution in [1.29, 1.82) is 0 Å². The first-order valence-electron chi connectivity index (χ1n) is 12.9. The van der Waals surface area contributed by atoms with Crippen LogP contribution in [0.5, 0.6) is 0 Å². The molecule has 2 unspecified atom stereocenters. The van der Waals surface area contributed by atoms with Crippen LogP contribution >= 0.6 is 24.0 Å². The molecule has 0 spiro atoms. The lowest BCUT2D eigenvalue weighted by Gasteiger charge is -2.36. The number of hydrogen-bond donors (Lipinski definition) is 1. The van der Waals surface area contributed by atoms with Crippen molar-refractivity contribution in [2.45, 2.75) is 65.1 Å². The number of piperazine rings is 1. The average Bonchev–Trinajstić information content (AvgIpc) is 2.82. The minimum Gasteiger partial charge on any atom is -0.376 e. The highest BCUT2D eigenvalue weighted by atomic mass is 127. The van der Waals surface area contributed by atoms with Crippen molar-refractivity contribution >= 4 is 29.9 Å². The Morgan fingerprint density at radius 2 is 1.75 bits per heavy atom. The maximum Gasteiger partial charge on any atom is 0.193 e. The zero-order valence-corrected chi connectivity index (χ0v) is 23.1. The van der Waals surface area contributed by atoms with Crippen LogP contribution in [0.3, 0.4) is 0 Å². The van der Waals surface area contributed by atoms with Gasteiger partial charge in [-0.1, -0.05) is 13.8 Å². The largest absolute Gasteiger partial charge is 0.376 e. The van der Waals surface area contributed by atoms with Gasteiger partial charge in [-0.05, 0) is 51.5 Å². The van der Waals surface area contributed by atoms with Crippen molar-refractivity contribution in [3.8, 4) is 0 Å². The maximum absolute atomic E-state index is 6.19. The lowest BCUT2D eigenvalue weighted by Crippen LogP contribution is -2.48. The molecule has 1 N–H and O–H groups in total. The smallest absolute Gasteiger partial charge is 0.193 e. The normalized spacial score (nSPS) is 25.4. The van der Waals surface area contributed by atoms with E-state index in [1.54, 1.807) is 0 Å². The van der Waals surface area contributed by atoms with E-state index in [9.17, 15) is 0 Å². The van der Waals surface area contributed by atoms with E-state index in [1.807, 2.05) is 0 Å². The number of ether oxygens (including phenoxy) is 2. The lowest BCUT2D eigenvalue weighted by molar-refractivity contribution is -0.0721. The Labute approximate surface area is 213 Å². The van der Waals surface area contributed by atoms with Crippen LogP contribution in [0.1, 0.15) is 52.9 Å². The Kier molecular flexibility index (Phi) is 13.8. The minimum absolute atomic E-state index is 0. The van der Waals surface area contributed by atoms with E-state index >= 15 is 0 Å². The number of likely N-dealkylation sites (tertiary alicyclic amines) is 1. The lowest BCUT2D eigenvalue weighted by atomic mass is 10.1. The van der Waals surface area contributed by atoms with Gasteiger partial charge in [-0.3, -0.25) is 4.99 Å². The van der Waals surface area contributed by atoms with Crippen LogP contribution in [0.15, 0.2) is 4.99 Å². The van der Waals surface area contributed by atoms with Crippen LogP contribution < -0.4 is 5.32 Å². The molecule has 8 heteroatoms. The molecular formula is C24H48IN5O2. The Balaban J connectivity index is 0.00000363. The van der Waals surface area contributed by atoms with Gasteiger partial charge in [0.15, 0.2) is 5.96 Å². The molecule has 0 aromatic carbocycles. The predicted octanol–water partition coefficient (Wildman–Crippen LogP) is 2.89. The fraction of sp³-hybridized carbons (Fsp3) is 0.958. The summed E-state index contributed by atoms with van der Waals surface area (Å²) in [5.74, 6) is 1.66. The maximum atomic E-state index is 6.19. The standard InChI is InChI=1S/C24H47N5O2.HI/c1-4-25-24(26-18-21(3)19-28-15-13-27(5-2)14-16-28)29-11-9-22(10-12-29)31-20-23-8-6-7-17-30-23;/h21-23H,4-20H2,1-3H3,(H,25,26);1H. The number of nitrogens with one attached hydrogen (secondary N) is 1. The van der Waals surface area contributed by atoms with Crippen molar-refractivity contribution in [2.75, 3.05) is 78.7 Å². The molecule has 0 aliphatic carbocycles. The van der Waals surface area contributed by atoms with E-state index in [0.29, 0.717) is 18.1 Å². The molecule has 0 amide bonds. The van der Waals surface area contributed by atoms with Gasteiger partial charge in [-0.2, -0.15) is 0 Å². The molecule has 0 radical (unpaired) electrons. The summed E-state index contributed by atoms with van der Waals surface area (Å²) in [7, 11) is 0. The average molecular weight is 566 g/mol. The van der Waals surface area contributed by atoms with Crippen LogP contribution in [0.2, 0.25) is 0 Å². The number of piperidine rings is 1. The fourth-order valence-corrected chi connectivity index (χ4v) is 4.87. The molecule has 188 valence electrons. The van der Waals surface area contributed by atoms with Gasteiger partial charge in [-0.25, -0.2) is 0 Å². The summed E-state index contributed by atoms with van der Waals surface area (Å²) in [5, 5.41) is 3.52. The predicted molar refractivity (Wildman–Crippen MR) is 143 cm³/mol. The Morgan fingerprint density at radius 3 is 2.38 bits per heavy atom. The molecular weight excluding hydrogens is 517 g/mol. The second-order valence-corrected chi connectivity index (χ2v) is 9.54. The molecule has 3 saturated heterocycles.